The second-order valence-corrected chi connectivity index (χ2v) is 8.49. The van der Waals surface area contributed by atoms with Crippen molar-refractivity contribution in [2.45, 2.75) is 63.4 Å². The number of hydrogen-bond donors (Lipinski definition) is 2. The van der Waals surface area contributed by atoms with Crippen LogP contribution in [0.4, 0.5) is 0 Å². The number of hydrogen-bond acceptors (Lipinski definition) is 2. The molecule has 23 heavy (non-hydrogen) atoms. The molecule has 2 saturated carbocycles. The number of phenols is 1. The smallest absolute Gasteiger partial charge is 0.115 e. The van der Waals surface area contributed by atoms with E-state index in [0.29, 0.717) is 23.0 Å². The number of allylic oxidation sites excluding steroid dienone is 1. The van der Waals surface area contributed by atoms with Gasteiger partial charge < -0.3 is 10.2 Å². The Morgan fingerprint density at radius 1 is 1.30 bits per heavy atom. The number of aryl methyl sites for hydroxylation is 1. The van der Waals surface area contributed by atoms with Crippen LogP contribution in [0.3, 0.4) is 0 Å². The van der Waals surface area contributed by atoms with Crippen molar-refractivity contribution in [3.8, 4) is 5.75 Å². The predicted molar refractivity (Wildman–Crippen MR) is 92.5 cm³/mol. The van der Waals surface area contributed by atoms with E-state index in [9.17, 15) is 10.2 Å². The van der Waals surface area contributed by atoms with Gasteiger partial charge in [-0.1, -0.05) is 19.1 Å². The van der Waals surface area contributed by atoms with Crippen molar-refractivity contribution in [3.05, 3.63) is 42.0 Å². The number of aromatic hydroxyl groups is 1. The van der Waals surface area contributed by atoms with Crippen LogP contribution in [-0.4, -0.2) is 16.3 Å². The highest BCUT2D eigenvalue weighted by Crippen LogP contribution is 2.64. The Labute approximate surface area is 139 Å². The second kappa shape index (κ2) is 5.11. The molecule has 0 saturated heterocycles. The van der Waals surface area contributed by atoms with E-state index in [-0.39, 0.29) is 11.5 Å². The molecule has 0 amide bonds. The number of benzene rings is 1. The van der Waals surface area contributed by atoms with E-state index in [0.717, 1.165) is 25.7 Å². The van der Waals surface area contributed by atoms with Crippen LogP contribution in [0.1, 0.15) is 56.6 Å². The third kappa shape index (κ3) is 2.11. The quantitative estimate of drug-likeness (QED) is 0.798. The summed E-state index contributed by atoms with van der Waals surface area (Å²) in [5.41, 5.74) is 3.24. The second-order valence-electron chi connectivity index (χ2n) is 8.49. The minimum Gasteiger partial charge on any atom is -0.508 e. The molecule has 1 aromatic carbocycles. The molecule has 0 spiro atoms. The van der Waals surface area contributed by atoms with E-state index in [1.165, 1.54) is 30.4 Å². The Kier molecular flexibility index (Phi) is 3.39. The maximum atomic E-state index is 10.3. The van der Waals surface area contributed by atoms with Crippen LogP contribution in [0, 0.1) is 17.3 Å². The average molecular weight is 312 g/mol. The van der Waals surface area contributed by atoms with Gasteiger partial charge in [-0.25, -0.2) is 0 Å². The molecule has 124 valence electrons. The summed E-state index contributed by atoms with van der Waals surface area (Å²) in [4.78, 5) is 0. The minimum atomic E-state index is -0.120. The lowest BCUT2D eigenvalue weighted by atomic mass is 9.48. The molecule has 5 atom stereocenters. The van der Waals surface area contributed by atoms with E-state index in [2.05, 4.69) is 25.6 Å². The minimum absolute atomic E-state index is 0.120. The topological polar surface area (TPSA) is 40.5 Å². The van der Waals surface area contributed by atoms with Crippen LogP contribution >= 0.6 is 0 Å². The summed E-state index contributed by atoms with van der Waals surface area (Å²) < 4.78 is 0. The highest BCUT2D eigenvalue weighted by atomic mass is 16.3. The molecule has 4 rings (SSSR count). The van der Waals surface area contributed by atoms with Gasteiger partial charge in [-0.2, -0.15) is 0 Å². The van der Waals surface area contributed by atoms with Crippen LogP contribution in [0.5, 0.6) is 5.75 Å². The SMILES string of the molecule is C=CC[C@]12CC[C@]3(C)C[C@H](O)C[C@H]3[C@@H]1CCc1cc(O)ccc12. The summed E-state index contributed by atoms with van der Waals surface area (Å²) in [6, 6.07) is 5.98. The van der Waals surface area contributed by atoms with Gasteiger partial charge in [0.15, 0.2) is 0 Å². The van der Waals surface area contributed by atoms with Crippen molar-refractivity contribution in [1.82, 2.24) is 0 Å². The molecule has 0 aromatic heterocycles. The zero-order valence-corrected chi connectivity index (χ0v) is 14.1. The zero-order valence-electron chi connectivity index (χ0n) is 14.1. The molecule has 3 aliphatic carbocycles. The van der Waals surface area contributed by atoms with E-state index in [1.807, 2.05) is 12.1 Å². The Balaban J connectivity index is 1.82. The number of phenolic OH excluding ortho intramolecular Hbond substituents is 1. The molecule has 2 nitrogen and oxygen atoms in total. The molecular formula is C21H28O2. The molecule has 0 radical (unpaired) electrons. The summed E-state index contributed by atoms with van der Waals surface area (Å²) in [5.74, 6) is 1.63. The Bertz CT molecular complexity index is 637. The van der Waals surface area contributed by atoms with Crippen molar-refractivity contribution in [1.29, 1.82) is 0 Å². The van der Waals surface area contributed by atoms with E-state index < -0.39 is 0 Å². The Morgan fingerprint density at radius 3 is 2.91 bits per heavy atom. The first-order chi connectivity index (χ1) is 11.0. The Hall–Kier alpha value is -1.28. The number of aliphatic hydroxyl groups excluding tert-OH is 1. The lowest BCUT2D eigenvalue weighted by Crippen LogP contribution is -2.50. The summed E-state index contributed by atoms with van der Waals surface area (Å²) in [6.45, 7) is 6.45. The first-order valence-electron chi connectivity index (χ1n) is 9.10. The lowest BCUT2D eigenvalue weighted by Gasteiger charge is -2.56. The third-order valence-corrected chi connectivity index (χ3v) is 7.32. The van der Waals surface area contributed by atoms with Gasteiger partial charge in [0.25, 0.3) is 0 Å². The fourth-order valence-electron chi connectivity index (χ4n) is 6.38. The van der Waals surface area contributed by atoms with Gasteiger partial charge in [-0.3, -0.25) is 0 Å². The highest BCUT2D eigenvalue weighted by Gasteiger charge is 2.58. The van der Waals surface area contributed by atoms with Gasteiger partial charge in [0.05, 0.1) is 6.10 Å². The van der Waals surface area contributed by atoms with Crippen LogP contribution < -0.4 is 0 Å². The van der Waals surface area contributed by atoms with Crippen LogP contribution in [0.15, 0.2) is 30.9 Å². The molecule has 0 heterocycles. The van der Waals surface area contributed by atoms with Gasteiger partial charge in [0, 0.05) is 5.41 Å². The predicted octanol–water partition coefficient (Wildman–Crippen LogP) is 4.34. The first kappa shape index (κ1) is 15.3. The average Bonchev–Trinajstić information content (AvgIpc) is 2.81. The van der Waals surface area contributed by atoms with Crippen molar-refractivity contribution in [2.75, 3.05) is 0 Å². The molecular weight excluding hydrogens is 284 g/mol. The van der Waals surface area contributed by atoms with Crippen LogP contribution in [0.2, 0.25) is 0 Å². The summed E-state index contributed by atoms with van der Waals surface area (Å²) in [7, 11) is 0. The molecule has 3 aliphatic rings. The fourth-order valence-corrected chi connectivity index (χ4v) is 6.38. The van der Waals surface area contributed by atoms with Gasteiger partial charge in [0.2, 0.25) is 0 Å². The van der Waals surface area contributed by atoms with Gasteiger partial charge in [0.1, 0.15) is 5.75 Å². The van der Waals surface area contributed by atoms with Crippen molar-refractivity contribution < 1.29 is 10.2 Å². The summed E-state index contributed by atoms with van der Waals surface area (Å²) >= 11 is 0. The Morgan fingerprint density at radius 2 is 2.13 bits per heavy atom. The maximum Gasteiger partial charge on any atom is 0.115 e. The molecule has 0 bridgehead atoms. The number of rotatable bonds is 2. The molecule has 2 N–H and O–H groups in total. The number of fused-ring (bicyclic) bond motifs is 5. The van der Waals surface area contributed by atoms with Crippen molar-refractivity contribution in [2.24, 2.45) is 17.3 Å². The molecule has 1 aromatic rings. The largest absolute Gasteiger partial charge is 0.508 e. The molecule has 0 aliphatic heterocycles. The first-order valence-corrected chi connectivity index (χ1v) is 9.10. The summed E-state index contributed by atoms with van der Waals surface area (Å²) in [5, 5.41) is 20.2. The van der Waals surface area contributed by atoms with Gasteiger partial charge in [-0.05, 0) is 85.5 Å². The maximum absolute atomic E-state index is 10.3. The van der Waals surface area contributed by atoms with E-state index in [1.54, 1.807) is 0 Å². The van der Waals surface area contributed by atoms with Crippen LogP contribution in [-0.2, 0) is 11.8 Å². The normalized spacial score (nSPS) is 41.7. The van der Waals surface area contributed by atoms with Crippen LogP contribution in [0.25, 0.3) is 0 Å². The third-order valence-electron chi connectivity index (χ3n) is 7.32. The molecule has 0 unspecified atom stereocenters. The molecule has 2 fully saturated rings. The lowest BCUT2D eigenvalue weighted by molar-refractivity contribution is 0.00644. The zero-order chi connectivity index (χ0) is 16.2. The van der Waals surface area contributed by atoms with E-state index in [4.69, 9.17) is 0 Å². The molecule has 2 heteroatoms. The number of aliphatic hydroxyl groups is 1. The van der Waals surface area contributed by atoms with Gasteiger partial charge >= 0.3 is 0 Å². The van der Waals surface area contributed by atoms with Crippen molar-refractivity contribution in [3.63, 3.8) is 0 Å². The fraction of sp³-hybridized carbons (Fsp3) is 0.619. The van der Waals surface area contributed by atoms with E-state index >= 15 is 0 Å². The summed E-state index contributed by atoms with van der Waals surface area (Å²) in [6.07, 6.45) is 9.52. The standard InChI is InChI=1S/C21H28O2/c1-3-8-21-10-9-20(2)13-16(23)12-19(20)18(21)6-4-14-11-15(22)5-7-17(14)21/h3,5,7,11,16,18-19,22-23H,1,4,6,8-10,12-13H2,2H3/t16-,18+,19+,20-,21-/m1/s1. The van der Waals surface area contributed by atoms with Gasteiger partial charge in [-0.15, -0.1) is 6.58 Å². The monoisotopic (exact) mass is 312 g/mol. The van der Waals surface area contributed by atoms with Crippen molar-refractivity contribution >= 4 is 0 Å². The highest BCUT2D eigenvalue weighted by molar-refractivity contribution is 5.44.